The molecule has 0 spiro atoms. The third-order valence-corrected chi connectivity index (χ3v) is 11.8. The van der Waals surface area contributed by atoms with Gasteiger partial charge in [-0.15, -0.1) is 0 Å². The Bertz CT molecular complexity index is 1380. The highest BCUT2D eigenvalue weighted by molar-refractivity contribution is 5.98. The molecule has 2 atom stereocenters. The van der Waals surface area contributed by atoms with Crippen LogP contribution in [0.25, 0.3) is 0 Å². The van der Waals surface area contributed by atoms with Crippen molar-refractivity contribution < 1.29 is 41.5 Å². The Labute approximate surface area is 291 Å². The number of benzene rings is 1. The van der Waals surface area contributed by atoms with E-state index in [1.54, 1.807) is 11.0 Å². The molecule has 3 saturated heterocycles. The van der Waals surface area contributed by atoms with Crippen LogP contribution in [0.1, 0.15) is 105 Å². The molecule has 3 amide bonds. The third-order valence-electron chi connectivity index (χ3n) is 11.8. The number of nitrogens with one attached hydrogen (secondary N) is 1. The summed E-state index contributed by atoms with van der Waals surface area (Å²) in [6, 6.07) is 3.66. The lowest BCUT2D eigenvalue weighted by molar-refractivity contribution is -0.199. The van der Waals surface area contributed by atoms with Crippen LogP contribution in [-0.4, -0.2) is 109 Å². The number of aldehydes is 1. The number of likely N-dealkylation sites (tertiary alicyclic amines) is 3. The van der Waals surface area contributed by atoms with Crippen molar-refractivity contribution in [2.24, 2.45) is 11.3 Å². The van der Waals surface area contributed by atoms with Crippen LogP contribution in [0.3, 0.4) is 0 Å². The minimum Gasteiger partial charge on any atom is -0.375 e. The van der Waals surface area contributed by atoms with Crippen LogP contribution in [0.4, 0.5) is 17.6 Å². The van der Waals surface area contributed by atoms with Crippen LogP contribution < -0.4 is 5.32 Å². The summed E-state index contributed by atoms with van der Waals surface area (Å²) in [5, 5.41) is 2.91. The monoisotopic (exact) mass is 706 g/mol. The number of amides is 3. The van der Waals surface area contributed by atoms with Crippen LogP contribution >= 0.6 is 0 Å². The van der Waals surface area contributed by atoms with Gasteiger partial charge in [0.15, 0.2) is 0 Å². The SMILES string of the molecule is O=CCN1CCC(OC2CCN(C(=O)C(NC(=O)c3cccc(C4CCCN(C(=O)C5(C(F)(F)F)CC5)C4)c3F)C3CCCCC3)CC2)CC1. The molecule has 6 rings (SSSR count). The number of rotatable bonds is 10. The maximum Gasteiger partial charge on any atom is 0.403 e. The van der Waals surface area contributed by atoms with E-state index >= 15 is 4.39 Å². The van der Waals surface area contributed by atoms with Crippen LogP contribution in [0, 0.1) is 17.2 Å². The molecule has 1 aromatic carbocycles. The van der Waals surface area contributed by atoms with E-state index in [1.807, 2.05) is 0 Å². The number of carbonyl (C=O) groups excluding carboxylic acids is 4. The number of hydrogen-bond acceptors (Lipinski definition) is 6. The van der Waals surface area contributed by atoms with E-state index < -0.39 is 41.2 Å². The lowest BCUT2D eigenvalue weighted by Crippen LogP contribution is -2.55. The van der Waals surface area contributed by atoms with Crippen LogP contribution in [-0.2, 0) is 19.1 Å². The van der Waals surface area contributed by atoms with Crippen LogP contribution in [0.15, 0.2) is 18.2 Å². The smallest absolute Gasteiger partial charge is 0.375 e. The molecule has 3 heterocycles. The lowest BCUT2D eigenvalue weighted by atomic mass is 9.83. The summed E-state index contributed by atoms with van der Waals surface area (Å²) < 4.78 is 63.6. The normalized spacial score (nSPS) is 24.8. The van der Waals surface area contributed by atoms with Gasteiger partial charge < -0.3 is 24.6 Å². The van der Waals surface area contributed by atoms with Gasteiger partial charge >= 0.3 is 6.18 Å². The zero-order chi connectivity index (χ0) is 35.5. The Kier molecular flexibility index (Phi) is 11.5. The Morgan fingerprint density at radius 2 is 1.54 bits per heavy atom. The maximum atomic E-state index is 16.1. The average Bonchev–Trinajstić information content (AvgIpc) is 3.95. The Morgan fingerprint density at radius 1 is 0.880 bits per heavy atom. The quantitative estimate of drug-likeness (QED) is 0.265. The van der Waals surface area contributed by atoms with Crippen molar-refractivity contribution in [3.05, 3.63) is 35.1 Å². The van der Waals surface area contributed by atoms with Gasteiger partial charge in [0.05, 0.1) is 24.3 Å². The summed E-state index contributed by atoms with van der Waals surface area (Å²) in [5.41, 5.74) is -2.34. The summed E-state index contributed by atoms with van der Waals surface area (Å²) in [5.74, 6) is -3.17. The first-order chi connectivity index (χ1) is 24.0. The van der Waals surface area contributed by atoms with E-state index in [-0.39, 0.29) is 61.1 Å². The number of carbonyl (C=O) groups is 4. The van der Waals surface area contributed by atoms with Gasteiger partial charge in [-0.2, -0.15) is 13.2 Å². The van der Waals surface area contributed by atoms with Crippen LogP contribution in [0.2, 0.25) is 0 Å². The number of ether oxygens (including phenoxy) is 1. The Morgan fingerprint density at radius 3 is 2.16 bits per heavy atom. The number of piperidine rings is 3. The van der Waals surface area contributed by atoms with E-state index in [9.17, 15) is 32.3 Å². The van der Waals surface area contributed by atoms with Gasteiger partial charge in [0.2, 0.25) is 11.8 Å². The van der Waals surface area contributed by atoms with Crippen molar-refractivity contribution in [1.29, 1.82) is 0 Å². The van der Waals surface area contributed by atoms with Crippen molar-refractivity contribution in [3.63, 3.8) is 0 Å². The fraction of sp³-hybridized carbons (Fsp3) is 0.730. The summed E-state index contributed by atoms with van der Waals surface area (Å²) in [4.78, 5) is 56.7. The van der Waals surface area contributed by atoms with E-state index in [0.29, 0.717) is 45.3 Å². The largest absolute Gasteiger partial charge is 0.403 e. The molecule has 9 nitrogen and oxygen atoms in total. The summed E-state index contributed by atoms with van der Waals surface area (Å²) >= 11 is 0. The standard InChI is InChI=1S/C37H50F4N4O5/c38-31-29(26-8-5-17-45(24-26)35(49)36(15-16-36)37(39,40)41)9-4-10-30(31)33(47)42-32(25-6-2-1-3-7-25)34(48)44-20-13-28(14-21-44)50-27-11-18-43(19-12-27)22-23-46/h4,9-10,23,25-28,32H,1-3,5-8,11-22,24H2,(H,42,47). The van der Waals surface area contributed by atoms with E-state index in [2.05, 4.69) is 10.2 Å². The van der Waals surface area contributed by atoms with E-state index in [4.69, 9.17) is 4.74 Å². The first-order valence-corrected chi connectivity index (χ1v) is 18.6. The highest BCUT2D eigenvalue weighted by Crippen LogP contribution is 2.59. The summed E-state index contributed by atoms with van der Waals surface area (Å²) in [6.45, 7) is 3.25. The van der Waals surface area contributed by atoms with Crippen LogP contribution in [0.5, 0.6) is 0 Å². The van der Waals surface area contributed by atoms with Crippen molar-refractivity contribution in [1.82, 2.24) is 20.0 Å². The number of nitrogens with zero attached hydrogens (tertiary/aromatic N) is 3. The molecule has 5 fully saturated rings. The molecule has 0 radical (unpaired) electrons. The number of alkyl halides is 3. The molecule has 2 saturated carbocycles. The zero-order valence-corrected chi connectivity index (χ0v) is 28.7. The van der Waals surface area contributed by atoms with E-state index in [0.717, 1.165) is 64.3 Å². The van der Waals surface area contributed by atoms with Crippen molar-refractivity contribution >= 4 is 24.0 Å². The third kappa shape index (κ3) is 8.03. The van der Waals surface area contributed by atoms with E-state index in [1.165, 1.54) is 17.0 Å². The number of hydrogen-bond donors (Lipinski definition) is 1. The highest BCUT2D eigenvalue weighted by Gasteiger charge is 2.69. The highest BCUT2D eigenvalue weighted by atomic mass is 19.4. The first kappa shape index (κ1) is 36.7. The van der Waals surface area contributed by atoms with Gasteiger partial charge in [-0.05, 0) is 81.8 Å². The molecular formula is C37H50F4N4O5. The van der Waals surface area contributed by atoms with Crippen molar-refractivity contribution in [3.8, 4) is 0 Å². The molecule has 276 valence electrons. The topological polar surface area (TPSA) is 99.3 Å². The molecule has 5 aliphatic rings. The molecule has 3 aliphatic heterocycles. The zero-order valence-electron chi connectivity index (χ0n) is 28.7. The minimum atomic E-state index is -4.62. The van der Waals surface area contributed by atoms with Gasteiger partial charge in [-0.1, -0.05) is 31.4 Å². The molecule has 2 unspecified atom stereocenters. The second-order valence-corrected chi connectivity index (χ2v) is 15.1. The molecule has 1 aromatic rings. The summed E-state index contributed by atoms with van der Waals surface area (Å²) in [6.07, 6.45) is 4.58. The summed E-state index contributed by atoms with van der Waals surface area (Å²) in [7, 11) is 0. The molecule has 2 aliphatic carbocycles. The van der Waals surface area contributed by atoms with Gasteiger partial charge in [-0.25, -0.2) is 4.39 Å². The predicted octanol–water partition coefficient (Wildman–Crippen LogP) is 5.22. The molecule has 1 N–H and O–H groups in total. The fourth-order valence-corrected chi connectivity index (χ4v) is 8.58. The van der Waals surface area contributed by atoms with Gasteiger partial charge in [0.25, 0.3) is 5.91 Å². The molecule has 13 heteroatoms. The Balaban J connectivity index is 1.09. The Hall–Kier alpha value is -3.06. The lowest BCUT2D eigenvalue weighted by Gasteiger charge is -2.39. The second-order valence-electron chi connectivity index (χ2n) is 15.1. The number of halogens is 4. The first-order valence-electron chi connectivity index (χ1n) is 18.6. The maximum absolute atomic E-state index is 16.1. The van der Waals surface area contributed by atoms with Crippen molar-refractivity contribution in [2.45, 2.75) is 114 Å². The minimum absolute atomic E-state index is 0.0375. The van der Waals surface area contributed by atoms with Gasteiger partial charge in [0.1, 0.15) is 23.6 Å². The second kappa shape index (κ2) is 15.7. The average molecular weight is 707 g/mol. The molecular weight excluding hydrogens is 656 g/mol. The predicted molar refractivity (Wildman–Crippen MR) is 177 cm³/mol. The van der Waals surface area contributed by atoms with Gasteiger partial charge in [-0.3, -0.25) is 19.3 Å². The van der Waals surface area contributed by atoms with Crippen molar-refractivity contribution in [2.75, 3.05) is 45.8 Å². The molecule has 0 aromatic heterocycles. The fourth-order valence-electron chi connectivity index (χ4n) is 8.58. The molecule has 50 heavy (non-hydrogen) atoms. The van der Waals surface area contributed by atoms with Gasteiger partial charge in [0, 0.05) is 45.2 Å². The molecule has 0 bridgehead atoms.